The number of carbonyl (C=O) groups is 1. The van der Waals surface area contributed by atoms with E-state index in [0.29, 0.717) is 17.2 Å². The molecule has 0 heterocycles. The molecular weight excluding hydrogens is 224 g/mol. The highest BCUT2D eigenvalue weighted by Crippen LogP contribution is 2.25. The Morgan fingerprint density at radius 1 is 1.31 bits per heavy atom. The first-order chi connectivity index (χ1) is 7.50. The van der Waals surface area contributed by atoms with Crippen LogP contribution in [-0.4, -0.2) is 27.5 Å². The van der Waals surface area contributed by atoms with Crippen LogP contribution >= 0.6 is 11.8 Å². The van der Waals surface area contributed by atoms with Crippen molar-refractivity contribution in [1.82, 2.24) is 0 Å². The molecule has 0 unspecified atom stereocenters. The van der Waals surface area contributed by atoms with Crippen molar-refractivity contribution >= 4 is 17.5 Å². The smallest absolute Gasteiger partial charge is 0.172 e. The second-order valence-corrected chi connectivity index (χ2v) is 5.07. The van der Waals surface area contributed by atoms with Gasteiger partial charge in [0, 0.05) is 5.56 Å². The molecule has 1 aromatic rings. The second kappa shape index (κ2) is 5.80. The molecule has 88 valence electrons. The van der Waals surface area contributed by atoms with Crippen LogP contribution in [0.2, 0.25) is 0 Å². The maximum Gasteiger partial charge on any atom is 0.172 e. The van der Waals surface area contributed by atoms with Gasteiger partial charge < -0.3 is 10.2 Å². The minimum atomic E-state index is -0.250. The molecule has 2 N–H and O–H groups in total. The number of hydrogen-bond donors (Lipinski definition) is 2. The Balaban J connectivity index is 2.56. The van der Waals surface area contributed by atoms with Gasteiger partial charge in [-0.25, -0.2) is 0 Å². The Kier molecular flexibility index (Phi) is 4.68. The molecule has 3 nitrogen and oxygen atoms in total. The van der Waals surface area contributed by atoms with Crippen molar-refractivity contribution in [2.45, 2.75) is 13.8 Å². The number of aromatic hydroxyl groups is 2. The number of benzene rings is 1. The molecule has 0 saturated heterocycles. The third-order valence-corrected chi connectivity index (χ3v) is 3.35. The number of rotatable bonds is 5. The first-order valence-corrected chi connectivity index (χ1v) is 6.29. The standard InChI is InChI=1S/C12H16O3S/c1-8(2)6-16-7-12(15)9-3-4-10(13)11(14)5-9/h3-5,8,13-14H,6-7H2,1-2H3. The second-order valence-electron chi connectivity index (χ2n) is 4.04. The number of carbonyl (C=O) groups excluding carboxylic acids is 1. The Morgan fingerprint density at radius 2 is 2.00 bits per heavy atom. The summed E-state index contributed by atoms with van der Waals surface area (Å²) in [5.74, 6) is 1.43. The van der Waals surface area contributed by atoms with Crippen LogP contribution < -0.4 is 0 Å². The predicted octanol–water partition coefficient (Wildman–Crippen LogP) is 2.67. The Bertz CT molecular complexity index is 375. The van der Waals surface area contributed by atoms with Gasteiger partial charge in [0.15, 0.2) is 17.3 Å². The fourth-order valence-corrected chi connectivity index (χ4v) is 2.11. The number of hydrogen-bond acceptors (Lipinski definition) is 4. The van der Waals surface area contributed by atoms with Gasteiger partial charge in [-0.2, -0.15) is 11.8 Å². The molecule has 0 bridgehead atoms. The molecule has 1 aromatic carbocycles. The van der Waals surface area contributed by atoms with Crippen molar-refractivity contribution in [1.29, 1.82) is 0 Å². The summed E-state index contributed by atoms with van der Waals surface area (Å²) in [4.78, 5) is 11.7. The topological polar surface area (TPSA) is 57.5 Å². The van der Waals surface area contributed by atoms with E-state index in [9.17, 15) is 9.90 Å². The summed E-state index contributed by atoms with van der Waals surface area (Å²) in [5.41, 5.74) is 0.437. The maximum atomic E-state index is 11.7. The van der Waals surface area contributed by atoms with E-state index in [4.69, 9.17) is 5.11 Å². The fraction of sp³-hybridized carbons (Fsp3) is 0.417. The fourth-order valence-electron chi connectivity index (χ4n) is 1.17. The van der Waals surface area contributed by atoms with Crippen LogP contribution in [0.4, 0.5) is 0 Å². The monoisotopic (exact) mass is 240 g/mol. The van der Waals surface area contributed by atoms with Crippen LogP contribution in [-0.2, 0) is 0 Å². The van der Waals surface area contributed by atoms with Crippen LogP contribution in [0.1, 0.15) is 24.2 Å². The highest BCUT2D eigenvalue weighted by molar-refractivity contribution is 7.99. The molecule has 0 atom stereocenters. The highest BCUT2D eigenvalue weighted by Gasteiger charge is 2.09. The Hall–Kier alpha value is -1.16. The molecule has 1 rings (SSSR count). The van der Waals surface area contributed by atoms with Crippen LogP contribution in [0.5, 0.6) is 11.5 Å². The lowest BCUT2D eigenvalue weighted by molar-refractivity contribution is 0.102. The van der Waals surface area contributed by atoms with Gasteiger partial charge in [-0.15, -0.1) is 0 Å². The summed E-state index contributed by atoms with van der Waals surface area (Å²) in [7, 11) is 0. The molecular formula is C12H16O3S. The first kappa shape index (κ1) is 12.9. The van der Waals surface area contributed by atoms with Crippen molar-refractivity contribution in [3.63, 3.8) is 0 Å². The van der Waals surface area contributed by atoms with E-state index >= 15 is 0 Å². The van der Waals surface area contributed by atoms with Crippen LogP contribution in [0, 0.1) is 5.92 Å². The molecule has 0 saturated carbocycles. The predicted molar refractivity (Wildman–Crippen MR) is 66.3 cm³/mol. The summed E-state index contributed by atoms with van der Waals surface area (Å²) in [6.45, 7) is 4.20. The van der Waals surface area contributed by atoms with Crippen molar-refractivity contribution < 1.29 is 15.0 Å². The van der Waals surface area contributed by atoms with Crippen LogP contribution in [0.15, 0.2) is 18.2 Å². The molecule has 4 heteroatoms. The molecule has 0 fully saturated rings. The van der Waals surface area contributed by atoms with E-state index < -0.39 is 0 Å². The summed E-state index contributed by atoms with van der Waals surface area (Å²) in [5, 5.41) is 18.4. The average molecular weight is 240 g/mol. The van der Waals surface area contributed by atoms with Crippen LogP contribution in [0.3, 0.4) is 0 Å². The number of ketones is 1. The normalized spacial score (nSPS) is 10.7. The summed E-state index contributed by atoms with van der Waals surface area (Å²) in [6.07, 6.45) is 0. The number of thioether (sulfide) groups is 1. The van der Waals surface area contributed by atoms with E-state index in [1.807, 2.05) is 0 Å². The van der Waals surface area contributed by atoms with E-state index in [1.165, 1.54) is 18.2 Å². The zero-order valence-corrected chi connectivity index (χ0v) is 10.3. The van der Waals surface area contributed by atoms with Gasteiger partial charge in [-0.1, -0.05) is 13.8 Å². The number of Topliss-reactive ketones (excluding diaryl/α,β-unsaturated/α-hetero) is 1. The summed E-state index contributed by atoms with van der Waals surface area (Å²) in [6, 6.07) is 4.15. The van der Waals surface area contributed by atoms with Crippen molar-refractivity contribution in [3.05, 3.63) is 23.8 Å². The third kappa shape index (κ3) is 3.77. The molecule has 0 spiro atoms. The summed E-state index contributed by atoms with van der Waals surface area (Å²) >= 11 is 1.58. The van der Waals surface area contributed by atoms with Gasteiger partial charge >= 0.3 is 0 Å². The van der Waals surface area contributed by atoms with Gasteiger partial charge in [0.2, 0.25) is 0 Å². The van der Waals surface area contributed by atoms with Gasteiger partial charge in [0.05, 0.1) is 5.75 Å². The Labute approximate surface area is 99.5 Å². The van der Waals surface area contributed by atoms with Gasteiger partial charge in [-0.3, -0.25) is 4.79 Å². The largest absolute Gasteiger partial charge is 0.504 e. The molecule has 0 radical (unpaired) electrons. The highest BCUT2D eigenvalue weighted by atomic mass is 32.2. The van der Waals surface area contributed by atoms with Crippen molar-refractivity contribution in [2.24, 2.45) is 5.92 Å². The van der Waals surface area contributed by atoms with Crippen molar-refractivity contribution in [2.75, 3.05) is 11.5 Å². The lowest BCUT2D eigenvalue weighted by Crippen LogP contribution is -2.04. The number of phenolic OH excluding ortho intramolecular Hbond substituents is 2. The van der Waals surface area contributed by atoms with Gasteiger partial charge in [0.25, 0.3) is 0 Å². The lowest BCUT2D eigenvalue weighted by Gasteiger charge is -2.05. The van der Waals surface area contributed by atoms with E-state index in [1.54, 1.807) is 11.8 Å². The Morgan fingerprint density at radius 3 is 2.56 bits per heavy atom. The first-order valence-electron chi connectivity index (χ1n) is 5.13. The maximum absolute atomic E-state index is 11.7. The molecule has 0 aromatic heterocycles. The zero-order chi connectivity index (χ0) is 12.1. The summed E-state index contributed by atoms with van der Waals surface area (Å²) < 4.78 is 0. The van der Waals surface area contributed by atoms with Crippen LogP contribution in [0.25, 0.3) is 0 Å². The minimum absolute atomic E-state index is 0.0269. The number of phenols is 2. The average Bonchev–Trinajstić information content (AvgIpc) is 2.21. The molecule has 0 aliphatic rings. The lowest BCUT2D eigenvalue weighted by atomic mass is 10.1. The molecule has 0 aliphatic carbocycles. The van der Waals surface area contributed by atoms with E-state index in [2.05, 4.69) is 13.8 Å². The van der Waals surface area contributed by atoms with E-state index in [-0.39, 0.29) is 17.3 Å². The zero-order valence-electron chi connectivity index (χ0n) is 9.43. The molecule has 16 heavy (non-hydrogen) atoms. The molecule has 0 amide bonds. The quantitative estimate of drug-likeness (QED) is 0.613. The SMILES string of the molecule is CC(C)CSCC(=O)c1ccc(O)c(O)c1. The van der Waals surface area contributed by atoms with Gasteiger partial charge in [-0.05, 0) is 29.9 Å². The minimum Gasteiger partial charge on any atom is -0.504 e. The third-order valence-electron chi connectivity index (χ3n) is 1.98. The van der Waals surface area contributed by atoms with Gasteiger partial charge in [0.1, 0.15) is 0 Å². The molecule has 0 aliphatic heterocycles. The van der Waals surface area contributed by atoms with Crippen molar-refractivity contribution in [3.8, 4) is 11.5 Å². The van der Waals surface area contributed by atoms with E-state index in [0.717, 1.165) is 5.75 Å².